The molecule has 8 aromatic rings. The maximum absolute atomic E-state index is 5.05. The molecule has 1 heteroatoms. The van der Waals surface area contributed by atoms with Crippen LogP contribution in [0, 0.1) is 0 Å². The van der Waals surface area contributed by atoms with Gasteiger partial charge in [-0.25, -0.2) is 0 Å². The molecule has 1 heterocycles. The highest BCUT2D eigenvalue weighted by atomic mass is 14.7. The van der Waals surface area contributed by atoms with Crippen molar-refractivity contribution in [2.75, 3.05) is 0 Å². The average Bonchev–Trinajstić information content (AvgIpc) is 3.43. The van der Waals surface area contributed by atoms with Gasteiger partial charge in [-0.3, -0.25) is 4.98 Å². The maximum Gasteiger partial charge on any atom is 0.0708 e. The molecule has 0 atom stereocenters. The van der Waals surface area contributed by atoms with Gasteiger partial charge in [0.25, 0.3) is 0 Å². The van der Waals surface area contributed by atoms with Gasteiger partial charge in [0.2, 0.25) is 0 Å². The summed E-state index contributed by atoms with van der Waals surface area (Å²) in [7, 11) is 0. The van der Waals surface area contributed by atoms with E-state index in [1.807, 2.05) is 0 Å². The molecule has 0 bridgehead atoms. The summed E-state index contributed by atoms with van der Waals surface area (Å²) < 4.78 is 0. The van der Waals surface area contributed by atoms with Gasteiger partial charge < -0.3 is 0 Å². The fraction of sp³-hybridized carbons (Fsp3) is 0.0250. The zero-order valence-corrected chi connectivity index (χ0v) is 22.4. The lowest BCUT2D eigenvalue weighted by Gasteiger charge is -2.16. The van der Waals surface area contributed by atoms with Crippen LogP contribution in [0.2, 0.25) is 0 Å². The van der Waals surface area contributed by atoms with E-state index < -0.39 is 0 Å². The Morgan fingerprint density at radius 1 is 0.415 bits per heavy atom. The second-order valence-electron chi connectivity index (χ2n) is 11.1. The highest BCUT2D eigenvalue weighted by Crippen LogP contribution is 2.43. The summed E-state index contributed by atoms with van der Waals surface area (Å²) in [6.07, 6.45) is 3.03. The Labute approximate surface area is 238 Å². The van der Waals surface area contributed by atoms with Gasteiger partial charge in [0.15, 0.2) is 0 Å². The van der Waals surface area contributed by atoms with Crippen molar-refractivity contribution in [2.24, 2.45) is 0 Å². The number of rotatable bonds is 3. The number of hydrogen-bond donors (Lipinski definition) is 0. The normalized spacial score (nSPS) is 12.3. The number of pyridine rings is 1. The van der Waals surface area contributed by atoms with Gasteiger partial charge in [-0.15, -0.1) is 0 Å². The SMILES string of the molecule is c1ccc(-c2ccc3ccc4c(-c5ccc(-c6cccc7c6Cc6ccccc6-7)cn5)ccc5ccc2c3c54)cc1. The summed E-state index contributed by atoms with van der Waals surface area (Å²) >= 11 is 0. The summed E-state index contributed by atoms with van der Waals surface area (Å²) in [5.41, 5.74) is 12.7. The van der Waals surface area contributed by atoms with E-state index in [0.29, 0.717) is 0 Å². The lowest BCUT2D eigenvalue weighted by molar-refractivity contribution is 1.25. The fourth-order valence-corrected chi connectivity index (χ4v) is 7.03. The fourth-order valence-electron chi connectivity index (χ4n) is 7.03. The van der Waals surface area contributed by atoms with Crippen LogP contribution in [0.1, 0.15) is 11.1 Å². The smallest absolute Gasteiger partial charge is 0.0708 e. The molecule has 0 aliphatic heterocycles. The first-order valence-electron chi connectivity index (χ1n) is 14.3. The van der Waals surface area contributed by atoms with Gasteiger partial charge in [-0.05, 0) is 83.7 Å². The van der Waals surface area contributed by atoms with Crippen molar-refractivity contribution in [2.45, 2.75) is 6.42 Å². The highest BCUT2D eigenvalue weighted by Gasteiger charge is 2.21. The van der Waals surface area contributed by atoms with E-state index in [2.05, 4.69) is 140 Å². The Bertz CT molecular complexity index is 2260. The van der Waals surface area contributed by atoms with Crippen molar-refractivity contribution in [1.29, 1.82) is 0 Å². The molecule has 0 N–H and O–H groups in total. The molecule has 0 fully saturated rings. The van der Waals surface area contributed by atoms with Gasteiger partial charge in [0.05, 0.1) is 5.69 Å². The minimum Gasteiger partial charge on any atom is -0.256 e. The number of fused-ring (bicyclic) bond motifs is 3. The van der Waals surface area contributed by atoms with Crippen LogP contribution in [0.15, 0.2) is 140 Å². The van der Waals surface area contributed by atoms with Crippen molar-refractivity contribution in [1.82, 2.24) is 4.98 Å². The van der Waals surface area contributed by atoms with Crippen LogP contribution in [0.5, 0.6) is 0 Å². The third-order valence-corrected chi connectivity index (χ3v) is 8.95. The molecule has 1 aromatic heterocycles. The number of benzene rings is 7. The molecule has 41 heavy (non-hydrogen) atoms. The predicted molar refractivity (Wildman–Crippen MR) is 172 cm³/mol. The van der Waals surface area contributed by atoms with Gasteiger partial charge >= 0.3 is 0 Å². The summed E-state index contributed by atoms with van der Waals surface area (Å²) in [6.45, 7) is 0. The largest absolute Gasteiger partial charge is 0.256 e. The van der Waals surface area contributed by atoms with Gasteiger partial charge in [0.1, 0.15) is 0 Å². The van der Waals surface area contributed by atoms with Crippen molar-refractivity contribution < 1.29 is 0 Å². The summed E-state index contributed by atoms with van der Waals surface area (Å²) in [6, 6.07) is 48.7. The van der Waals surface area contributed by atoms with Gasteiger partial charge in [-0.2, -0.15) is 0 Å². The summed E-state index contributed by atoms with van der Waals surface area (Å²) in [5, 5.41) is 7.74. The van der Waals surface area contributed by atoms with Crippen LogP contribution in [0.4, 0.5) is 0 Å². The molecule has 0 spiro atoms. The first-order chi connectivity index (χ1) is 20.3. The molecule has 1 aliphatic rings. The van der Waals surface area contributed by atoms with E-state index in [1.54, 1.807) is 0 Å². The Morgan fingerprint density at radius 3 is 1.85 bits per heavy atom. The second kappa shape index (κ2) is 8.61. The van der Waals surface area contributed by atoms with Crippen LogP contribution in [-0.2, 0) is 6.42 Å². The minimum absolute atomic E-state index is 0.976. The number of hydrogen-bond acceptors (Lipinski definition) is 1. The highest BCUT2D eigenvalue weighted by molar-refractivity contribution is 6.27. The van der Waals surface area contributed by atoms with Crippen LogP contribution in [0.3, 0.4) is 0 Å². The molecule has 0 unspecified atom stereocenters. The Hall–Kier alpha value is -5.27. The minimum atomic E-state index is 0.976. The first-order valence-corrected chi connectivity index (χ1v) is 14.3. The first kappa shape index (κ1) is 22.5. The molecule has 0 saturated carbocycles. The number of nitrogens with zero attached hydrogens (tertiary/aromatic N) is 1. The molecular weight excluding hydrogens is 494 g/mol. The van der Waals surface area contributed by atoms with Crippen molar-refractivity contribution in [3.8, 4) is 44.6 Å². The van der Waals surface area contributed by atoms with Crippen LogP contribution in [0.25, 0.3) is 77.0 Å². The topological polar surface area (TPSA) is 12.9 Å². The maximum atomic E-state index is 5.05. The standard InChI is InChI=1S/C40H25N/c1-2-7-25(8-3-1)32-18-13-26-16-21-36-34(19-14-27-15-20-35(32)39(26)40(27)36)38-22-17-29(24-41-38)31-11-6-12-33-30-10-5-4-9-28(30)23-37(31)33/h1-22,24H,23H2. The van der Waals surface area contributed by atoms with Crippen LogP contribution < -0.4 is 0 Å². The van der Waals surface area contributed by atoms with E-state index in [0.717, 1.165) is 12.1 Å². The van der Waals surface area contributed by atoms with Crippen LogP contribution in [-0.4, -0.2) is 4.98 Å². The molecule has 0 amide bonds. The zero-order chi connectivity index (χ0) is 26.9. The predicted octanol–water partition coefficient (Wildman–Crippen LogP) is 10.6. The lowest BCUT2D eigenvalue weighted by atomic mass is 9.88. The third-order valence-electron chi connectivity index (χ3n) is 8.95. The molecule has 9 rings (SSSR count). The van der Waals surface area contributed by atoms with E-state index in [1.165, 1.54) is 82.4 Å². The molecule has 1 aliphatic carbocycles. The molecule has 0 saturated heterocycles. The van der Waals surface area contributed by atoms with Gasteiger partial charge in [0, 0.05) is 17.3 Å². The van der Waals surface area contributed by atoms with E-state index in [9.17, 15) is 0 Å². The Balaban J connectivity index is 1.18. The van der Waals surface area contributed by atoms with E-state index in [-0.39, 0.29) is 0 Å². The zero-order valence-electron chi connectivity index (χ0n) is 22.4. The molecule has 190 valence electrons. The molecule has 1 nitrogen and oxygen atoms in total. The van der Waals surface area contributed by atoms with Gasteiger partial charge in [-0.1, -0.05) is 127 Å². The lowest BCUT2D eigenvalue weighted by Crippen LogP contribution is -1.92. The summed E-state index contributed by atoms with van der Waals surface area (Å²) in [4.78, 5) is 5.05. The molecule has 7 aromatic carbocycles. The van der Waals surface area contributed by atoms with E-state index in [4.69, 9.17) is 4.98 Å². The van der Waals surface area contributed by atoms with Crippen molar-refractivity contribution >= 4 is 32.3 Å². The molecular formula is C40H25N. The van der Waals surface area contributed by atoms with E-state index >= 15 is 0 Å². The molecule has 0 radical (unpaired) electrons. The number of aromatic nitrogens is 1. The van der Waals surface area contributed by atoms with Crippen LogP contribution >= 0.6 is 0 Å². The Kier molecular flexibility index (Phi) is 4.73. The summed E-state index contributed by atoms with van der Waals surface area (Å²) in [5.74, 6) is 0. The monoisotopic (exact) mass is 519 g/mol. The quantitative estimate of drug-likeness (QED) is 0.212. The Morgan fingerprint density at radius 2 is 1.07 bits per heavy atom. The second-order valence-corrected chi connectivity index (χ2v) is 11.1. The van der Waals surface area contributed by atoms with Crippen molar-refractivity contribution in [3.05, 3.63) is 151 Å². The average molecular weight is 520 g/mol. The van der Waals surface area contributed by atoms with Crippen molar-refractivity contribution in [3.63, 3.8) is 0 Å². The third kappa shape index (κ3) is 3.33.